The van der Waals surface area contributed by atoms with Crippen molar-refractivity contribution in [2.45, 2.75) is 0 Å². The molecule has 0 aliphatic heterocycles. The van der Waals surface area contributed by atoms with E-state index in [1.165, 1.54) is 0 Å². The smallest absolute Gasteiger partial charge is 0.822 e. The van der Waals surface area contributed by atoms with Gasteiger partial charge in [0.15, 0.2) is 0 Å². The van der Waals surface area contributed by atoms with Crippen LogP contribution in [0.25, 0.3) is 0 Å². The van der Waals surface area contributed by atoms with E-state index in [0.717, 1.165) is 0 Å². The zero-order valence-electron chi connectivity index (χ0n) is 7.39. The Morgan fingerprint density at radius 2 is 1.00 bits per heavy atom. The Kier molecular flexibility index (Phi) is 53.5. The van der Waals surface area contributed by atoms with Crippen LogP contribution in [0.15, 0.2) is 0 Å². The maximum absolute atomic E-state index is 8.55. The van der Waals surface area contributed by atoms with Gasteiger partial charge in [-0.3, -0.25) is 0 Å². The van der Waals surface area contributed by atoms with Crippen molar-refractivity contribution in [2.75, 3.05) is 13.2 Å². The summed E-state index contributed by atoms with van der Waals surface area (Å²) in [6.07, 6.45) is 0. The summed E-state index contributed by atoms with van der Waals surface area (Å²) in [4.78, 5) is 25.6. The van der Waals surface area contributed by atoms with Crippen molar-refractivity contribution < 1.29 is 184 Å². The fraction of sp³-hybridized carbons (Fsp3) is 1.00. The van der Waals surface area contributed by atoms with E-state index in [1.807, 2.05) is 0 Å². The quantitative estimate of drug-likeness (QED) is 0.361. The Hall–Kier alpha value is 4.94. The van der Waals surface area contributed by atoms with E-state index in [0.29, 0.717) is 0 Å². The molecule has 58 valence electrons. The maximum atomic E-state index is 8.55. The Morgan fingerprint density at radius 3 is 1.00 bits per heavy atom. The summed E-state index contributed by atoms with van der Waals surface area (Å²) < 4.78 is 8.55. The Balaban J connectivity index is -0.0000000221. The third-order valence-corrected chi connectivity index (χ3v) is 0.1000. The third kappa shape index (κ3) is 82.3. The van der Waals surface area contributed by atoms with Crippen LogP contribution in [-0.4, -0.2) is 23.4 Å². The molecule has 0 aliphatic rings. The van der Waals surface area contributed by atoms with Crippen LogP contribution in [0.5, 0.6) is 0 Å². The summed E-state index contributed by atoms with van der Waals surface area (Å²) in [6, 6.07) is 0. The van der Waals surface area contributed by atoms with Crippen molar-refractivity contribution >= 4 is 7.82 Å². The second-order valence-electron chi connectivity index (χ2n) is 0.894. The van der Waals surface area contributed by atoms with E-state index in [2.05, 4.69) is 0 Å². The van der Waals surface area contributed by atoms with Crippen molar-refractivity contribution in [1.82, 2.24) is 0 Å². The van der Waals surface area contributed by atoms with E-state index in [9.17, 15) is 0 Å². The Labute approximate surface area is 198 Å². The van der Waals surface area contributed by atoms with Gasteiger partial charge in [-0.1, -0.05) is 0 Å². The second kappa shape index (κ2) is 21.2. The van der Waals surface area contributed by atoms with Gasteiger partial charge in [-0.2, -0.15) is 7.82 Å². The fourth-order valence-electron chi connectivity index (χ4n) is 0. The van der Waals surface area contributed by atoms with E-state index in [4.69, 9.17) is 29.5 Å². The van der Waals surface area contributed by atoms with Gasteiger partial charge in [-0.15, -0.1) is 0 Å². The minimum absolute atomic E-state index is 0. The van der Waals surface area contributed by atoms with Crippen LogP contribution in [0, 0.1) is 0 Å². The Bertz CT molecular complexity index is 84.5. The fourth-order valence-corrected chi connectivity index (χ4v) is 0. The van der Waals surface area contributed by atoms with Crippen LogP contribution < -0.4 is 169 Å². The molecule has 0 aromatic carbocycles. The first-order chi connectivity index (χ1) is 3.91. The Morgan fingerprint density at radius 1 is 0.917 bits per heavy atom. The van der Waals surface area contributed by atoms with Crippen LogP contribution in [-0.2, 0) is 4.57 Å². The van der Waals surface area contributed by atoms with Crippen LogP contribution in [0.1, 0.15) is 0 Å². The monoisotopic (exact) mass is 274 g/mol. The molecule has 0 rings (SSSR count). The van der Waals surface area contributed by atoms with Gasteiger partial charge in [0.25, 0.3) is 0 Å². The van der Waals surface area contributed by atoms with Crippen molar-refractivity contribution in [3.05, 3.63) is 0 Å². The molecule has 0 bridgehead atoms. The van der Waals surface area contributed by atoms with Gasteiger partial charge in [0, 0.05) is 0 Å². The second-order valence-corrected chi connectivity index (χ2v) is 1.79. The summed E-state index contributed by atoms with van der Waals surface area (Å²) >= 11 is 0. The molecule has 2 N–H and O–H groups in total. The molecule has 0 aliphatic carbocycles. The first kappa shape index (κ1) is 30.2. The molecule has 0 atom stereocenters. The summed E-state index contributed by atoms with van der Waals surface area (Å²) in [5.74, 6) is 0. The number of rotatable bonds is 1. The molecule has 0 aromatic rings. The molecule has 0 fully saturated rings. The molecule has 0 aromatic heterocycles. The predicted octanol–water partition coefficient (Wildman–Crippen LogP) is -12.8. The van der Waals surface area contributed by atoms with Crippen LogP contribution >= 0.6 is 7.82 Å². The third-order valence-electron chi connectivity index (χ3n) is 0.1000. The summed E-state index contributed by atoms with van der Waals surface area (Å²) in [5, 5.41) is 15.2. The molecule has 12 heavy (non-hydrogen) atoms. The minimum Gasteiger partial charge on any atom is -0.822 e. The molecule has 0 amide bonds. The van der Waals surface area contributed by atoms with Gasteiger partial charge in [-0.25, -0.2) is 0 Å². The normalized spacial score (nSPS) is 7.42. The molecule has 0 radical (unpaired) electrons. The van der Waals surface area contributed by atoms with Crippen LogP contribution in [0.3, 0.4) is 0 Å². The SMILES string of the molecule is O=P([O-])([O-])[O-].OCCO.[K+].[K+].[K+]. The molecular formula is C2H6K3O6P. The van der Waals surface area contributed by atoms with Gasteiger partial charge in [0.2, 0.25) is 0 Å². The van der Waals surface area contributed by atoms with Crippen molar-refractivity contribution in [3.8, 4) is 0 Å². The van der Waals surface area contributed by atoms with Crippen LogP contribution in [0.4, 0.5) is 0 Å². The van der Waals surface area contributed by atoms with E-state index in [1.54, 1.807) is 0 Å². The predicted molar refractivity (Wildman–Crippen MR) is 21.8 cm³/mol. The minimum atomic E-state index is -5.39. The average molecular weight is 274 g/mol. The first-order valence-electron chi connectivity index (χ1n) is 1.86. The van der Waals surface area contributed by atoms with E-state index >= 15 is 0 Å². The molecule has 0 saturated heterocycles. The van der Waals surface area contributed by atoms with E-state index < -0.39 is 7.82 Å². The van der Waals surface area contributed by atoms with Gasteiger partial charge in [0.05, 0.1) is 13.2 Å². The van der Waals surface area contributed by atoms with Crippen LogP contribution in [0.2, 0.25) is 0 Å². The zero-order chi connectivity index (χ0) is 7.91. The van der Waals surface area contributed by atoms with Gasteiger partial charge in [-0.05, 0) is 0 Å². The molecular weight excluding hydrogens is 268 g/mol. The van der Waals surface area contributed by atoms with Crippen molar-refractivity contribution in [1.29, 1.82) is 0 Å². The number of phosphoric acid groups is 1. The maximum Gasteiger partial charge on any atom is 1.00 e. The summed E-state index contributed by atoms with van der Waals surface area (Å²) in [7, 11) is -5.39. The first-order valence-corrected chi connectivity index (χ1v) is 3.32. The molecule has 0 unspecified atom stereocenters. The summed E-state index contributed by atoms with van der Waals surface area (Å²) in [5.41, 5.74) is 0. The number of aliphatic hydroxyl groups is 2. The van der Waals surface area contributed by atoms with Gasteiger partial charge >= 0.3 is 154 Å². The standard InChI is InChI=1S/C2H6O2.3K.H3O4P/c3-1-2-4;;;;1-5(2,3)4/h3-4H,1-2H2;;;;(H3,1,2,3,4)/q;3*+1;/p-3. The summed E-state index contributed by atoms with van der Waals surface area (Å²) in [6.45, 7) is -0.250. The largest absolute Gasteiger partial charge is 1.00 e. The average Bonchev–Trinajstić information content (AvgIpc) is 1.61. The number of hydrogen-bond donors (Lipinski definition) is 2. The molecule has 0 heterocycles. The van der Waals surface area contributed by atoms with Gasteiger partial charge in [0.1, 0.15) is 0 Å². The topological polar surface area (TPSA) is 127 Å². The molecule has 6 nitrogen and oxygen atoms in total. The number of hydrogen-bond acceptors (Lipinski definition) is 6. The van der Waals surface area contributed by atoms with Crippen molar-refractivity contribution in [3.63, 3.8) is 0 Å². The molecule has 0 spiro atoms. The number of aliphatic hydroxyl groups excluding tert-OH is 2. The molecule has 0 saturated carbocycles. The van der Waals surface area contributed by atoms with Gasteiger partial charge < -0.3 is 29.5 Å². The molecule has 10 heteroatoms. The van der Waals surface area contributed by atoms with Crippen molar-refractivity contribution in [2.24, 2.45) is 0 Å². The zero-order valence-corrected chi connectivity index (χ0v) is 17.7. The van der Waals surface area contributed by atoms with E-state index in [-0.39, 0.29) is 167 Å².